The monoisotopic (exact) mass is 627 g/mol. The molecular weight excluding hydrogens is 602 g/mol. The molecule has 1 unspecified atom stereocenters. The number of H-pyrrole nitrogens is 1. The number of nitrogens with one attached hydrogen (secondary N) is 1. The second kappa shape index (κ2) is 11.6. The summed E-state index contributed by atoms with van der Waals surface area (Å²) in [6.07, 6.45) is 4.08. The highest BCUT2D eigenvalue weighted by atomic mass is 35.5. The van der Waals surface area contributed by atoms with E-state index < -0.39 is 5.38 Å². The molecule has 0 saturated carbocycles. The molecule has 7 rings (SSSR count). The van der Waals surface area contributed by atoms with Crippen molar-refractivity contribution < 1.29 is 24.5 Å². The fourth-order valence-corrected chi connectivity index (χ4v) is 6.01. The van der Waals surface area contributed by atoms with Gasteiger partial charge < -0.3 is 19.9 Å². The van der Waals surface area contributed by atoms with Gasteiger partial charge in [-0.3, -0.25) is 14.6 Å². The normalized spacial score (nSPS) is 15.7. The van der Waals surface area contributed by atoms with Crippen molar-refractivity contribution in [3.05, 3.63) is 114 Å². The van der Waals surface area contributed by atoms with E-state index in [0.717, 1.165) is 27.6 Å². The van der Waals surface area contributed by atoms with E-state index in [1.54, 1.807) is 74.0 Å². The Hall–Kier alpha value is -5.73. The third kappa shape index (κ3) is 5.08. The van der Waals surface area contributed by atoms with Crippen LogP contribution in [-0.4, -0.2) is 51.2 Å². The number of benzene rings is 5. The van der Waals surface area contributed by atoms with Crippen LogP contribution in [0.1, 0.15) is 26.3 Å². The Balaban J connectivity index is 1.13. The number of ketones is 2. The van der Waals surface area contributed by atoms with Gasteiger partial charge in [0.05, 0.1) is 12.8 Å². The SMILES string of the molecule is COc1ccc(N=C2C(=O)c3ccc(-c4ccc5c(CC=Nc6cc(O)c7ccccc7c6O)c[nH]c5c4)cc3C(=O)C2Cl)cc1. The molecule has 0 bridgehead atoms. The average Bonchev–Trinajstić information content (AvgIpc) is 3.50. The van der Waals surface area contributed by atoms with Gasteiger partial charge in [0.25, 0.3) is 0 Å². The number of aromatic hydroxyl groups is 2. The molecule has 0 radical (unpaired) electrons. The lowest BCUT2D eigenvalue weighted by molar-refractivity contribution is 0.0968. The molecule has 0 saturated heterocycles. The van der Waals surface area contributed by atoms with Gasteiger partial charge in [0, 0.05) is 57.7 Å². The van der Waals surface area contributed by atoms with Crippen molar-refractivity contribution >= 4 is 68.1 Å². The molecule has 1 atom stereocenters. The Morgan fingerprint density at radius 2 is 1.61 bits per heavy atom. The highest BCUT2D eigenvalue weighted by molar-refractivity contribution is 6.65. The number of phenols is 2. The van der Waals surface area contributed by atoms with E-state index in [1.807, 2.05) is 30.5 Å². The van der Waals surface area contributed by atoms with Gasteiger partial charge in [-0.15, -0.1) is 11.6 Å². The second-order valence-corrected chi connectivity index (χ2v) is 11.3. The van der Waals surface area contributed by atoms with Crippen molar-refractivity contribution in [2.75, 3.05) is 7.11 Å². The zero-order chi connectivity index (χ0) is 31.9. The number of aliphatic imine (C=N–C) groups is 2. The van der Waals surface area contributed by atoms with Crippen LogP contribution in [0.25, 0.3) is 32.8 Å². The van der Waals surface area contributed by atoms with Crippen LogP contribution < -0.4 is 4.74 Å². The first-order chi connectivity index (χ1) is 22.3. The van der Waals surface area contributed by atoms with Crippen LogP contribution in [0, 0.1) is 0 Å². The lowest BCUT2D eigenvalue weighted by Crippen LogP contribution is -2.38. The molecule has 1 aliphatic rings. The highest BCUT2D eigenvalue weighted by Gasteiger charge is 2.37. The number of Topliss-reactive ketones (excluding diaryl/α,β-unsaturated/α-hetero) is 2. The number of carbonyl (C=O) groups excluding carboxylic acids is 2. The lowest BCUT2D eigenvalue weighted by Gasteiger charge is -2.21. The van der Waals surface area contributed by atoms with E-state index in [2.05, 4.69) is 15.0 Å². The number of alkyl halides is 1. The van der Waals surface area contributed by atoms with Crippen LogP contribution in [0.5, 0.6) is 17.2 Å². The molecule has 8 nitrogen and oxygen atoms in total. The zero-order valence-corrected chi connectivity index (χ0v) is 25.2. The Morgan fingerprint density at radius 1 is 0.870 bits per heavy atom. The van der Waals surface area contributed by atoms with E-state index in [1.165, 1.54) is 6.07 Å². The summed E-state index contributed by atoms with van der Waals surface area (Å²) in [5.41, 5.74) is 4.83. The minimum atomic E-state index is -1.20. The summed E-state index contributed by atoms with van der Waals surface area (Å²) in [5, 5.41) is 21.9. The summed E-state index contributed by atoms with van der Waals surface area (Å²) >= 11 is 6.50. The van der Waals surface area contributed by atoms with Gasteiger partial charge in [-0.1, -0.05) is 42.5 Å². The molecule has 0 amide bonds. The predicted molar refractivity (Wildman–Crippen MR) is 181 cm³/mol. The van der Waals surface area contributed by atoms with Crippen LogP contribution in [0.3, 0.4) is 0 Å². The molecule has 46 heavy (non-hydrogen) atoms. The number of fused-ring (bicyclic) bond motifs is 3. The number of halogens is 1. The maximum atomic E-state index is 13.4. The number of ether oxygens (including phenoxy) is 1. The number of aromatic nitrogens is 1. The van der Waals surface area contributed by atoms with Crippen molar-refractivity contribution in [3.8, 4) is 28.4 Å². The number of aromatic amines is 1. The van der Waals surface area contributed by atoms with E-state index in [4.69, 9.17) is 16.3 Å². The van der Waals surface area contributed by atoms with Crippen molar-refractivity contribution in [1.29, 1.82) is 0 Å². The molecule has 0 aliphatic heterocycles. The van der Waals surface area contributed by atoms with E-state index in [0.29, 0.717) is 28.6 Å². The van der Waals surface area contributed by atoms with Crippen LogP contribution in [0.4, 0.5) is 11.4 Å². The molecule has 0 spiro atoms. The average molecular weight is 628 g/mol. The van der Waals surface area contributed by atoms with Crippen LogP contribution in [0.15, 0.2) is 107 Å². The van der Waals surface area contributed by atoms with Crippen molar-refractivity contribution in [3.63, 3.8) is 0 Å². The lowest BCUT2D eigenvalue weighted by atomic mass is 9.85. The van der Waals surface area contributed by atoms with Crippen LogP contribution >= 0.6 is 11.6 Å². The van der Waals surface area contributed by atoms with Crippen LogP contribution in [-0.2, 0) is 6.42 Å². The Bertz CT molecular complexity index is 2250. The first-order valence-electron chi connectivity index (χ1n) is 14.5. The molecule has 1 aliphatic carbocycles. The first-order valence-corrected chi connectivity index (χ1v) is 14.9. The molecule has 5 aromatic carbocycles. The van der Waals surface area contributed by atoms with Crippen molar-refractivity contribution in [2.24, 2.45) is 9.98 Å². The number of hydrogen-bond donors (Lipinski definition) is 3. The number of nitrogens with zero attached hydrogens (tertiary/aromatic N) is 2. The molecule has 6 aromatic rings. The second-order valence-electron chi connectivity index (χ2n) is 10.9. The minimum absolute atomic E-state index is 0.00594. The van der Waals surface area contributed by atoms with E-state index in [-0.39, 0.29) is 45.6 Å². The topological polar surface area (TPSA) is 124 Å². The Labute approximate surface area is 268 Å². The predicted octanol–water partition coefficient (Wildman–Crippen LogP) is 8.11. The Morgan fingerprint density at radius 3 is 2.39 bits per heavy atom. The maximum Gasteiger partial charge on any atom is 0.209 e. The summed E-state index contributed by atoms with van der Waals surface area (Å²) < 4.78 is 5.17. The number of carbonyl (C=O) groups is 2. The molecule has 226 valence electrons. The largest absolute Gasteiger partial charge is 0.507 e. The van der Waals surface area contributed by atoms with E-state index in [9.17, 15) is 19.8 Å². The summed E-state index contributed by atoms with van der Waals surface area (Å²) in [6, 6.07) is 26.4. The third-order valence-corrected chi connectivity index (χ3v) is 8.58. The number of hydrogen-bond acceptors (Lipinski definition) is 7. The minimum Gasteiger partial charge on any atom is -0.507 e. The maximum absolute atomic E-state index is 13.4. The summed E-state index contributed by atoms with van der Waals surface area (Å²) in [7, 11) is 1.56. The first kappa shape index (κ1) is 29.0. The van der Waals surface area contributed by atoms with Gasteiger partial charge in [-0.2, -0.15) is 0 Å². The molecule has 3 N–H and O–H groups in total. The van der Waals surface area contributed by atoms with Gasteiger partial charge in [0.15, 0.2) is 5.78 Å². The number of methoxy groups -OCH3 is 1. The quantitative estimate of drug-likeness (QED) is 0.0977. The number of phenolic OH excluding ortho intramolecular Hbond substituents is 2. The fraction of sp³-hybridized carbons (Fsp3) is 0.0811. The number of rotatable bonds is 6. The van der Waals surface area contributed by atoms with Gasteiger partial charge in [0.1, 0.15) is 34.0 Å². The summed E-state index contributed by atoms with van der Waals surface area (Å²) in [6.45, 7) is 0. The molecule has 0 fully saturated rings. The van der Waals surface area contributed by atoms with Crippen LogP contribution in [0.2, 0.25) is 0 Å². The van der Waals surface area contributed by atoms with Crippen molar-refractivity contribution in [2.45, 2.75) is 11.8 Å². The molecule has 1 aromatic heterocycles. The third-order valence-electron chi connectivity index (χ3n) is 8.17. The van der Waals surface area contributed by atoms with Gasteiger partial charge in [0.2, 0.25) is 5.78 Å². The van der Waals surface area contributed by atoms with Gasteiger partial charge in [-0.05, 0) is 59.2 Å². The summed E-state index contributed by atoms with van der Waals surface area (Å²) in [4.78, 5) is 38.8. The summed E-state index contributed by atoms with van der Waals surface area (Å²) in [5.74, 6) is -0.0382. The smallest absolute Gasteiger partial charge is 0.209 e. The highest BCUT2D eigenvalue weighted by Crippen LogP contribution is 2.40. The molecular formula is C37H26ClN3O5. The molecule has 1 heterocycles. The zero-order valence-electron chi connectivity index (χ0n) is 24.5. The Kier molecular flexibility index (Phi) is 7.34. The molecule has 9 heteroatoms. The van der Waals surface area contributed by atoms with E-state index >= 15 is 0 Å². The van der Waals surface area contributed by atoms with Crippen molar-refractivity contribution in [1.82, 2.24) is 4.98 Å². The standard InChI is InChI=1S/C37H26ClN3O5/c1-46-24-10-8-23(9-11-24)41-34-33(38)36(44)29-16-20(7-13-28(29)37(34)45)21-6-12-25-22(19-40-30(25)17-21)14-15-39-31-18-32(42)26-4-2-3-5-27(26)35(31)43/h2-13,15-19,33,40,42-43H,14H2,1H3. The van der Waals surface area contributed by atoms with Gasteiger partial charge >= 0.3 is 0 Å². The van der Waals surface area contributed by atoms with Gasteiger partial charge in [-0.25, -0.2) is 4.99 Å². The fourth-order valence-electron chi connectivity index (χ4n) is 5.74.